The lowest BCUT2D eigenvalue weighted by molar-refractivity contribution is 0.0753. The number of hydrogen-bond acceptors (Lipinski definition) is 3. The second-order valence-corrected chi connectivity index (χ2v) is 6.43. The van der Waals surface area contributed by atoms with E-state index in [-0.39, 0.29) is 18.1 Å². The third kappa shape index (κ3) is 3.20. The molecule has 1 fully saturated rings. The van der Waals surface area contributed by atoms with Crippen molar-refractivity contribution in [2.45, 2.75) is 59.4 Å². The van der Waals surface area contributed by atoms with Gasteiger partial charge in [-0.05, 0) is 40.7 Å². The number of carbonyl (C=O) groups excluding carboxylic acids is 1. The van der Waals surface area contributed by atoms with Gasteiger partial charge in [-0.2, -0.15) is 0 Å². The second-order valence-electron chi connectivity index (χ2n) is 6.43. The van der Waals surface area contributed by atoms with E-state index in [2.05, 4.69) is 35.6 Å². The highest BCUT2D eigenvalue weighted by atomic mass is 16.5. The Balaban J connectivity index is 2.11. The molecule has 0 radical (unpaired) electrons. The molecule has 5 nitrogen and oxygen atoms in total. The van der Waals surface area contributed by atoms with Gasteiger partial charge in [0.2, 0.25) is 0 Å². The fourth-order valence-corrected chi connectivity index (χ4v) is 3.37. The molecule has 22 heavy (non-hydrogen) atoms. The van der Waals surface area contributed by atoms with Crippen LogP contribution in [0, 0.1) is 13.8 Å². The van der Waals surface area contributed by atoms with Crippen molar-refractivity contribution in [3.8, 4) is 0 Å². The number of ether oxygens (including phenoxy) is 1. The van der Waals surface area contributed by atoms with E-state index in [1.165, 1.54) is 0 Å². The lowest BCUT2D eigenvalue weighted by Crippen LogP contribution is -2.43. The molecule has 124 valence electrons. The number of nitrogens with zero attached hydrogens (tertiary/aromatic N) is 2. The van der Waals surface area contributed by atoms with Gasteiger partial charge in [0.05, 0.1) is 17.7 Å². The number of amides is 1. The van der Waals surface area contributed by atoms with E-state index < -0.39 is 0 Å². The predicted molar refractivity (Wildman–Crippen MR) is 88.3 cm³/mol. The molecule has 1 aromatic heterocycles. The molecule has 0 saturated carbocycles. The Kier molecular flexibility index (Phi) is 5.29. The summed E-state index contributed by atoms with van der Waals surface area (Å²) in [4.78, 5) is 15.0. The van der Waals surface area contributed by atoms with Gasteiger partial charge in [0.1, 0.15) is 0 Å². The van der Waals surface area contributed by atoms with Gasteiger partial charge in [0.25, 0.3) is 5.91 Å². The summed E-state index contributed by atoms with van der Waals surface area (Å²) in [6.45, 7) is 13.1. The van der Waals surface area contributed by atoms with E-state index in [0.29, 0.717) is 6.04 Å². The van der Waals surface area contributed by atoms with Crippen molar-refractivity contribution in [2.24, 2.45) is 0 Å². The van der Waals surface area contributed by atoms with Crippen LogP contribution in [0.2, 0.25) is 0 Å². The summed E-state index contributed by atoms with van der Waals surface area (Å²) in [5.74, 6) is 0.00505. The van der Waals surface area contributed by atoms with E-state index >= 15 is 0 Å². The van der Waals surface area contributed by atoms with Crippen molar-refractivity contribution in [2.75, 3.05) is 20.2 Å². The topological polar surface area (TPSA) is 46.5 Å². The molecule has 1 N–H and O–H groups in total. The van der Waals surface area contributed by atoms with Crippen molar-refractivity contribution in [3.63, 3.8) is 0 Å². The van der Waals surface area contributed by atoms with Gasteiger partial charge in [-0.25, -0.2) is 0 Å². The maximum Gasteiger partial charge on any atom is 0.253 e. The molecule has 0 aromatic carbocycles. The Morgan fingerprint density at radius 1 is 1.41 bits per heavy atom. The molecule has 2 heterocycles. The third-order valence-corrected chi connectivity index (χ3v) is 4.78. The van der Waals surface area contributed by atoms with E-state index in [1.807, 2.05) is 19.9 Å². The number of aryl methyl sites for hydroxylation is 1. The van der Waals surface area contributed by atoms with Crippen LogP contribution >= 0.6 is 0 Å². The first-order chi connectivity index (χ1) is 10.4. The number of carbonyl (C=O) groups is 1. The number of rotatable bonds is 5. The summed E-state index contributed by atoms with van der Waals surface area (Å²) in [6.07, 6.45) is 0.0565. The van der Waals surface area contributed by atoms with Gasteiger partial charge in [-0.3, -0.25) is 9.69 Å². The van der Waals surface area contributed by atoms with Gasteiger partial charge in [0, 0.05) is 44.2 Å². The lowest BCUT2D eigenvalue weighted by Gasteiger charge is -2.20. The largest absolute Gasteiger partial charge is 0.378 e. The normalized spacial score (nSPS) is 22.5. The average Bonchev–Trinajstić information content (AvgIpc) is 3.00. The van der Waals surface area contributed by atoms with E-state index in [0.717, 1.165) is 36.6 Å². The quantitative estimate of drug-likeness (QED) is 0.904. The van der Waals surface area contributed by atoms with Crippen molar-refractivity contribution in [1.29, 1.82) is 0 Å². The molecule has 0 bridgehead atoms. The first kappa shape index (κ1) is 17.0. The summed E-state index contributed by atoms with van der Waals surface area (Å²) < 4.78 is 7.72. The minimum absolute atomic E-state index is 0.00505. The molecule has 1 amide bonds. The van der Waals surface area contributed by atoms with Gasteiger partial charge < -0.3 is 14.6 Å². The summed E-state index contributed by atoms with van der Waals surface area (Å²) in [5.41, 5.74) is 2.94. The number of methoxy groups -OCH3 is 1. The van der Waals surface area contributed by atoms with Gasteiger partial charge in [-0.1, -0.05) is 0 Å². The first-order valence-electron chi connectivity index (χ1n) is 8.13. The smallest absolute Gasteiger partial charge is 0.253 e. The molecule has 0 spiro atoms. The monoisotopic (exact) mass is 307 g/mol. The maximum absolute atomic E-state index is 12.6. The third-order valence-electron chi connectivity index (χ3n) is 4.78. The van der Waals surface area contributed by atoms with Gasteiger partial charge >= 0.3 is 0 Å². The first-order valence-corrected chi connectivity index (χ1v) is 8.13. The summed E-state index contributed by atoms with van der Waals surface area (Å²) in [7, 11) is 1.72. The van der Waals surface area contributed by atoms with Crippen molar-refractivity contribution in [1.82, 2.24) is 14.8 Å². The maximum atomic E-state index is 12.6. The summed E-state index contributed by atoms with van der Waals surface area (Å²) in [5, 5.41) is 3.17. The summed E-state index contributed by atoms with van der Waals surface area (Å²) >= 11 is 0. The molecular weight excluding hydrogens is 278 g/mol. The van der Waals surface area contributed by atoms with Crippen molar-refractivity contribution in [3.05, 3.63) is 23.0 Å². The van der Waals surface area contributed by atoms with Gasteiger partial charge in [-0.15, -0.1) is 0 Å². The minimum atomic E-state index is 0.00505. The Morgan fingerprint density at radius 3 is 2.59 bits per heavy atom. The lowest BCUT2D eigenvalue weighted by atomic mass is 10.1. The molecule has 2 atom stereocenters. The molecular formula is C17H29N3O2. The predicted octanol–water partition coefficient (Wildman–Crippen LogP) is 1.96. The fourth-order valence-electron chi connectivity index (χ4n) is 3.37. The average molecular weight is 307 g/mol. The molecule has 0 unspecified atom stereocenters. The SMILES string of the molecule is CCn1c(C)cc(C(=O)N[C@H]2CN(C(C)C)C[C@@H]2OC)c1C. The number of aromatic nitrogens is 1. The highest BCUT2D eigenvalue weighted by molar-refractivity contribution is 5.96. The fraction of sp³-hybridized carbons (Fsp3) is 0.706. The molecule has 1 aliphatic heterocycles. The van der Waals surface area contributed by atoms with Crippen molar-refractivity contribution >= 4 is 5.91 Å². The van der Waals surface area contributed by atoms with E-state index in [4.69, 9.17) is 4.74 Å². The van der Waals surface area contributed by atoms with Crippen LogP contribution in [0.5, 0.6) is 0 Å². The van der Waals surface area contributed by atoms with Crippen LogP contribution in [-0.2, 0) is 11.3 Å². The van der Waals surface area contributed by atoms with E-state index in [1.54, 1.807) is 7.11 Å². The summed E-state index contributed by atoms with van der Waals surface area (Å²) in [6, 6.07) is 2.49. The Hall–Kier alpha value is -1.33. The highest BCUT2D eigenvalue weighted by Gasteiger charge is 2.35. The highest BCUT2D eigenvalue weighted by Crippen LogP contribution is 2.19. The molecule has 1 saturated heterocycles. The Labute approximate surface area is 133 Å². The molecule has 1 aliphatic rings. The molecule has 1 aromatic rings. The standard InChI is InChI=1S/C17H29N3O2/c1-7-20-12(4)8-14(13(20)5)17(21)18-15-9-19(11(2)3)10-16(15)22-6/h8,11,15-16H,7,9-10H2,1-6H3,(H,18,21)/t15-,16-/m0/s1. The van der Waals surface area contributed by atoms with Crippen LogP contribution in [0.25, 0.3) is 0 Å². The van der Waals surface area contributed by atoms with Crippen molar-refractivity contribution < 1.29 is 9.53 Å². The minimum Gasteiger partial charge on any atom is -0.378 e. The number of hydrogen-bond donors (Lipinski definition) is 1. The van der Waals surface area contributed by atoms with Crippen LogP contribution in [0.1, 0.15) is 42.5 Å². The zero-order chi connectivity index (χ0) is 16.4. The van der Waals surface area contributed by atoms with Crippen LogP contribution in [0.3, 0.4) is 0 Å². The van der Waals surface area contributed by atoms with Crippen LogP contribution in [0.15, 0.2) is 6.07 Å². The van der Waals surface area contributed by atoms with Crippen LogP contribution < -0.4 is 5.32 Å². The van der Waals surface area contributed by atoms with Crippen LogP contribution in [0.4, 0.5) is 0 Å². The zero-order valence-electron chi connectivity index (χ0n) is 14.6. The zero-order valence-corrected chi connectivity index (χ0v) is 14.6. The molecule has 2 rings (SSSR count). The van der Waals surface area contributed by atoms with Gasteiger partial charge in [0.15, 0.2) is 0 Å². The Bertz CT molecular complexity index is 536. The molecule has 0 aliphatic carbocycles. The number of likely N-dealkylation sites (tertiary alicyclic amines) is 1. The number of nitrogens with one attached hydrogen (secondary N) is 1. The van der Waals surface area contributed by atoms with Crippen LogP contribution in [-0.4, -0.2) is 53.8 Å². The Morgan fingerprint density at radius 2 is 2.09 bits per heavy atom. The van der Waals surface area contributed by atoms with E-state index in [9.17, 15) is 4.79 Å². The molecule has 5 heteroatoms. The second kappa shape index (κ2) is 6.84.